The Labute approximate surface area is 233 Å². The van der Waals surface area contributed by atoms with E-state index < -0.39 is 37.2 Å². The zero-order valence-corrected chi connectivity index (χ0v) is 22.1. The van der Waals surface area contributed by atoms with Crippen molar-refractivity contribution in [2.75, 3.05) is 25.4 Å². The largest absolute Gasteiger partial charge is 0.415 e. The molecule has 12 nitrogen and oxygen atoms in total. The number of likely N-dealkylation sites (tertiary alicyclic amines) is 1. The third-order valence-electron chi connectivity index (χ3n) is 6.80. The highest BCUT2D eigenvalue weighted by Gasteiger charge is 2.44. The minimum atomic E-state index is -1.29. The Hall–Kier alpha value is -3.18. The summed E-state index contributed by atoms with van der Waals surface area (Å²) in [5.41, 5.74) is 6.65. The number of anilines is 1. The lowest BCUT2D eigenvalue weighted by molar-refractivity contribution is -0.0511. The van der Waals surface area contributed by atoms with Gasteiger partial charge < -0.3 is 35.4 Å². The molecular weight excluding hydrogens is 551 g/mol. The number of nitrogen functional groups attached to an aromatic ring is 1. The maximum Gasteiger partial charge on any atom is 0.415 e. The van der Waals surface area contributed by atoms with Gasteiger partial charge in [-0.15, -0.1) is 0 Å². The molecule has 1 aromatic carbocycles. The lowest BCUT2D eigenvalue weighted by Gasteiger charge is -2.30. The number of hydrogen-bond acceptors (Lipinski definition) is 10. The molecule has 2 aliphatic heterocycles. The van der Waals surface area contributed by atoms with Crippen molar-refractivity contribution in [3.8, 4) is 17.6 Å². The number of amides is 1. The fourth-order valence-electron chi connectivity index (χ4n) is 4.59. The number of ether oxygens (including phenoxy) is 2. The number of benzene rings is 1. The summed E-state index contributed by atoms with van der Waals surface area (Å²) in [6, 6.07) is 4.66. The topological polar surface area (TPSA) is 169 Å². The molecule has 5 rings (SSSR count). The van der Waals surface area contributed by atoms with Crippen molar-refractivity contribution in [2.45, 2.75) is 43.8 Å². The maximum absolute atomic E-state index is 12.5. The molecule has 1 amide bonds. The fraction of sp³-hybridized carbons (Fsp3) is 0.440. The summed E-state index contributed by atoms with van der Waals surface area (Å²) in [5, 5.41) is 30.5. The van der Waals surface area contributed by atoms with E-state index in [-0.39, 0.29) is 23.2 Å². The smallest absolute Gasteiger partial charge is 0.410 e. The minimum Gasteiger partial charge on any atom is -0.410 e. The molecular formula is C25H26Cl2N6O6. The van der Waals surface area contributed by atoms with Gasteiger partial charge in [0, 0.05) is 25.6 Å². The second-order valence-electron chi connectivity index (χ2n) is 9.37. The molecule has 4 heterocycles. The average molecular weight is 577 g/mol. The molecule has 3 aromatic rings. The molecule has 2 aromatic heterocycles. The van der Waals surface area contributed by atoms with Gasteiger partial charge in [0.1, 0.15) is 29.6 Å². The fourth-order valence-corrected chi connectivity index (χ4v) is 4.88. The summed E-state index contributed by atoms with van der Waals surface area (Å²) < 4.78 is 12.4. The van der Waals surface area contributed by atoms with Crippen LogP contribution in [-0.4, -0.2) is 83.8 Å². The third-order valence-corrected chi connectivity index (χ3v) is 7.54. The lowest BCUT2D eigenvalue weighted by Crippen LogP contribution is -2.40. The Morgan fingerprint density at radius 3 is 2.64 bits per heavy atom. The van der Waals surface area contributed by atoms with Crippen molar-refractivity contribution >= 4 is 46.3 Å². The van der Waals surface area contributed by atoms with E-state index in [2.05, 4.69) is 26.8 Å². The zero-order valence-electron chi connectivity index (χ0n) is 20.6. The van der Waals surface area contributed by atoms with E-state index >= 15 is 0 Å². The van der Waals surface area contributed by atoms with Crippen LogP contribution in [0, 0.1) is 17.8 Å². The molecule has 0 bridgehead atoms. The Bertz CT molecular complexity index is 1430. The number of carbonyl (C=O) groups is 1. The Balaban J connectivity index is 1.20. The van der Waals surface area contributed by atoms with Crippen LogP contribution in [0.25, 0.3) is 11.2 Å². The Morgan fingerprint density at radius 1 is 1.18 bits per heavy atom. The van der Waals surface area contributed by atoms with Gasteiger partial charge in [0.2, 0.25) is 5.82 Å². The van der Waals surface area contributed by atoms with E-state index in [9.17, 15) is 20.1 Å². The Kier molecular flexibility index (Phi) is 8.08. The van der Waals surface area contributed by atoms with Crippen molar-refractivity contribution in [3.05, 3.63) is 40.4 Å². The third kappa shape index (κ3) is 5.74. The first-order chi connectivity index (χ1) is 18.7. The molecule has 206 valence electrons. The predicted molar refractivity (Wildman–Crippen MR) is 141 cm³/mol. The lowest BCUT2D eigenvalue weighted by atomic mass is 9.94. The highest BCUT2D eigenvalue weighted by Crippen LogP contribution is 2.32. The van der Waals surface area contributed by atoms with Crippen LogP contribution in [0.5, 0.6) is 5.75 Å². The monoisotopic (exact) mass is 576 g/mol. The minimum absolute atomic E-state index is 0.114. The zero-order chi connectivity index (χ0) is 27.7. The molecule has 4 atom stereocenters. The van der Waals surface area contributed by atoms with Gasteiger partial charge in [-0.3, -0.25) is 4.57 Å². The first-order valence-electron chi connectivity index (χ1n) is 12.3. The molecule has 0 aliphatic carbocycles. The number of nitrogens with zero attached hydrogens (tertiary/aromatic N) is 5. The summed E-state index contributed by atoms with van der Waals surface area (Å²) in [7, 11) is 0. The summed E-state index contributed by atoms with van der Waals surface area (Å²) >= 11 is 11.9. The van der Waals surface area contributed by atoms with Gasteiger partial charge in [-0.1, -0.05) is 29.1 Å². The SMILES string of the molecule is Nc1nc(C#CCC2CCN(C(=O)Oc3ccc(Cl)c(Cl)c3)CC2)nc2c1ncn2C1OC(CO)[C@H](O)[C@@H]1O. The van der Waals surface area contributed by atoms with E-state index in [4.69, 9.17) is 38.4 Å². The summed E-state index contributed by atoms with van der Waals surface area (Å²) in [5.74, 6) is 6.93. The van der Waals surface area contributed by atoms with Gasteiger partial charge >= 0.3 is 6.09 Å². The van der Waals surface area contributed by atoms with Gasteiger partial charge in [0.25, 0.3) is 0 Å². The molecule has 2 fully saturated rings. The number of hydrogen-bond donors (Lipinski definition) is 4. The van der Waals surface area contributed by atoms with Crippen LogP contribution in [0.15, 0.2) is 24.5 Å². The van der Waals surface area contributed by atoms with Crippen LogP contribution < -0.4 is 10.5 Å². The number of halogens is 2. The first kappa shape index (κ1) is 27.4. The van der Waals surface area contributed by atoms with E-state index in [1.165, 1.54) is 17.0 Å². The van der Waals surface area contributed by atoms with Crippen LogP contribution in [0.1, 0.15) is 31.3 Å². The second-order valence-corrected chi connectivity index (χ2v) is 10.2. The number of aliphatic hydroxyl groups excluding tert-OH is 3. The van der Waals surface area contributed by atoms with E-state index in [1.807, 2.05) is 0 Å². The van der Waals surface area contributed by atoms with Crippen LogP contribution >= 0.6 is 23.2 Å². The summed E-state index contributed by atoms with van der Waals surface area (Å²) in [4.78, 5) is 27.0. The van der Waals surface area contributed by atoms with Crippen molar-refractivity contribution in [1.29, 1.82) is 0 Å². The van der Waals surface area contributed by atoms with Gasteiger partial charge in [-0.05, 0) is 36.8 Å². The maximum atomic E-state index is 12.5. The highest BCUT2D eigenvalue weighted by molar-refractivity contribution is 6.42. The predicted octanol–water partition coefficient (Wildman–Crippen LogP) is 1.98. The highest BCUT2D eigenvalue weighted by atomic mass is 35.5. The van der Waals surface area contributed by atoms with Gasteiger partial charge in [0.15, 0.2) is 17.7 Å². The normalized spacial score (nSPS) is 23.6. The second kappa shape index (κ2) is 11.5. The van der Waals surface area contributed by atoms with Crippen molar-refractivity contribution < 1.29 is 29.6 Å². The first-order valence-corrected chi connectivity index (χ1v) is 13.0. The van der Waals surface area contributed by atoms with Gasteiger partial charge in [-0.2, -0.15) is 0 Å². The quantitative estimate of drug-likeness (QED) is 0.337. The van der Waals surface area contributed by atoms with Crippen LogP contribution in [0.3, 0.4) is 0 Å². The summed E-state index contributed by atoms with van der Waals surface area (Å²) in [6.07, 6.45) is -1.48. The number of aliphatic hydroxyl groups is 3. The number of imidazole rings is 1. The van der Waals surface area contributed by atoms with E-state index in [1.54, 1.807) is 17.0 Å². The molecule has 5 N–H and O–H groups in total. The molecule has 39 heavy (non-hydrogen) atoms. The average Bonchev–Trinajstić information content (AvgIpc) is 3.47. The number of piperidine rings is 1. The van der Waals surface area contributed by atoms with Crippen molar-refractivity contribution in [3.63, 3.8) is 0 Å². The number of aromatic nitrogens is 4. The van der Waals surface area contributed by atoms with E-state index in [0.29, 0.717) is 40.8 Å². The number of rotatable bonds is 4. The number of nitrogens with two attached hydrogens (primary N) is 1. The number of carbonyl (C=O) groups excluding carboxylic acids is 1. The molecule has 0 spiro atoms. The van der Waals surface area contributed by atoms with Crippen LogP contribution in [-0.2, 0) is 4.74 Å². The standard InChI is InChI=1S/C25H26Cl2N6O6/c26-15-5-4-14(10-16(15)27)38-25(37)32-8-6-13(7-9-32)2-1-3-18-30-22(28)19-23(31-18)33(12-29-19)24-21(36)20(35)17(11-34)39-24/h4-5,10,12-13,17,20-21,24,34-36H,2,6-9,11H2,(H2,28,30,31)/t17?,20-,21-,24?/m0/s1. The number of fused-ring (bicyclic) bond motifs is 1. The molecule has 0 radical (unpaired) electrons. The van der Waals surface area contributed by atoms with Crippen LogP contribution in [0.4, 0.5) is 10.6 Å². The summed E-state index contributed by atoms with van der Waals surface area (Å²) in [6.45, 7) is 0.615. The molecule has 2 aliphatic rings. The Morgan fingerprint density at radius 2 is 1.95 bits per heavy atom. The van der Waals surface area contributed by atoms with Gasteiger partial charge in [0.05, 0.1) is 23.0 Å². The molecule has 0 saturated carbocycles. The molecule has 14 heteroatoms. The van der Waals surface area contributed by atoms with Crippen LogP contribution in [0.2, 0.25) is 10.0 Å². The van der Waals surface area contributed by atoms with Crippen molar-refractivity contribution in [2.24, 2.45) is 5.92 Å². The molecule has 2 unspecified atom stereocenters. The molecule has 2 saturated heterocycles. The van der Waals surface area contributed by atoms with E-state index in [0.717, 1.165) is 12.8 Å². The van der Waals surface area contributed by atoms with Crippen molar-refractivity contribution in [1.82, 2.24) is 24.4 Å². The van der Waals surface area contributed by atoms with Gasteiger partial charge in [-0.25, -0.2) is 19.7 Å².